The largest absolute Gasteiger partial charge is 0.399 e. The van der Waals surface area contributed by atoms with Gasteiger partial charge in [0.15, 0.2) is 5.82 Å². The van der Waals surface area contributed by atoms with Crippen molar-refractivity contribution in [1.29, 1.82) is 0 Å². The van der Waals surface area contributed by atoms with Gasteiger partial charge in [0.25, 0.3) is 0 Å². The van der Waals surface area contributed by atoms with Crippen molar-refractivity contribution in [2.24, 2.45) is 5.92 Å². The average molecular weight is 351 g/mol. The van der Waals surface area contributed by atoms with E-state index in [-0.39, 0.29) is 10.2 Å². The first kappa shape index (κ1) is 14.7. The van der Waals surface area contributed by atoms with Gasteiger partial charge in [-0.15, -0.1) is 0 Å². The van der Waals surface area contributed by atoms with E-state index >= 15 is 0 Å². The molecule has 0 spiro atoms. The van der Waals surface area contributed by atoms with Gasteiger partial charge in [-0.1, -0.05) is 19.3 Å². The number of anilines is 1. The highest BCUT2D eigenvalue weighted by Gasteiger charge is 2.23. The van der Waals surface area contributed by atoms with Crippen molar-refractivity contribution >= 4 is 31.6 Å². The summed E-state index contributed by atoms with van der Waals surface area (Å²) in [5.41, 5.74) is 5.75. The van der Waals surface area contributed by atoms with Crippen LogP contribution in [0.1, 0.15) is 25.7 Å². The van der Waals surface area contributed by atoms with Crippen LogP contribution in [-0.4, -0.2) is 15.0 Å². The van der Waals surface area contributed by atoms with Crippen molar-refractivity contribution in [1.82, 2.24) is 4.72 Å². The Morgan fingerprint density at radius 1 is 1.42 bits per heavy atom. The first-order chi connectivity index (χ1) is 8.90. The Morgan fingerprint density at radius 2 is 2.11 bits per heavy atom. The standard InChI is InChI=1S/C12H16BrFN2O2S/c13-10-6-9(15)7-11(12(10)14)19(17,18)16-5-4-8-2-1-3-8/h6-8,16H,1-5,15H2. The molecule has 4 nitrogen and oxygen atoms in total. The van der Waals surface area contributed by atoms with E-state index in [1.54, 1.807) is 0 Å². The van der Waals surface area contributed by atoms with Gasteiger partial charge in [0.05, 0.1) is 4.47 Å². The van der Waals surface area contributed by atoms with Gasteiger partial charge >= 0.3 is 0 Å². The predicted molar refractivity (Wildman–Crippen MR) is 75.7 cm³/mol. The zero-order valence-corrected chi connectivity index (χ0v) is 12.7. The molecule has 19 heavy (non-hydrogen) atoms. The lowest BCUT2D eigenvalue weighted by molar-refractivity contribution is 0.297. The van der Waals surface area contributed by atoms with Crippen LogP contribution in [0.5, 0.6) is 0 Å². The minimum atomic E-state index is -3.85. The van der Waals surface area contributed by atoms with Crippen LogP contribution in [0.2, 0.25) is 0 Å². The molecule has 1 fully saturated rings. The Morgan fingerprint density at radius 3 is 2.68 bits per heavy atom. The summed E-state index contributed by atoms with van der Waals surface area (Å²) >= 11 is 2.95. The van der Waals surface area contributed by atoms with Crippen molar-refractivity contribution in [3.63, 3.8) is 0 Å². The highest BCUT2D eigenvalue weighted by molar-refractivity contribution is 9.10. The number of hydrogen-bond donors (Lipinski definition) is 2. The number of rotatable bonds is 5. The van der Waals surface area contributed by atoms with E-state index in [1.807, 2.05) is 0 Å². The molecule has 2 rings (SSSR count). The number of sulfonamides is 1. The highest BCUT2D eigenvalue weighted by Crippen LogP contribution is 2.29. The quantitative estimate of drug-likeness (QED) is 0.801. The summed E-state index contributed by atoms with van der Waals surface area (Å²) in [6.07, 6.45) is 4.32. The molecular formula is C12H16BrFN2O2S. The summed E-state index contributed by atoms with van der Waals surface area (Å²) in [6, 6.07) is 2.47. The second-order valence-electron chi connectivity index (χ2n) is 4.80. The lowest BCUT2D eigenvalue weighted by Gasteiger charge is -2.25. The third kappa shape index (κ3) is 3.46. The molecule has 7 heteroatoms. The molecule has 0 unspecified atom stereocenters. The van der Waals surface area contributed by atoms with Gasteiger partial charge in [-0.2, -0.15) is 0 Å². The maximum Gasteiger partial charge on any atom is 0.243 e. The molecule has 1 aromatic carbocycles. The van der Waals surface area contributed by atoms with E-state index in [0.29, 0.717) is 12.5 Å². The van der Waals surface area contributed by atoms with Gasteiger partial charge in [-0.05, 0) is 40.4 Å². The summed E-state index contributed by atoms with van der Waals surface area (Å²) in [7, 11) is -3.85. The van der Waals surface area contributed by atoms with E-state index in [4.69, 9.17) is 5.73 Å². The molecular weight excluding hydrogens is 335 g/mol. The second-order valence-corrected chi connectivity index (χ2v) is 7.39. The molecule has 106 valence electrons. The fraction of sp³-hybridized carbons (Fsp3) is 0.500. The maximum absolute atomic E-state index is 13.8. The summed E-state index contributed by atoms with van der Waals surface area (Å²) in [4.78, 5) is -0.409. The predicted octanol–water partition coefficient (Wildman–Crippen LogP) is 2.64. The van der Waals surface area contributed by atoms with E-state index in [2.05, 4.69) is 20.7 Å². The summed E-state index contributed by atoms with van der Waals surface area (Å²) in [5.74, 6) is -0.217. The van der Waals surface area contributed by atoms with E-state index in [0.717, 1.165) is 25.3 Å². The topological polar surface area (TPSA) is 72.2 Å². The molecule has 1 saturated carbocycles. The van der Waals surface area contributed by atoms with Crippen molar-refractivity contribution in [2.75, 3.05) is 12.3 Å². The molecule has 1 aliphatic rings. The second kappa shape index (κ2) is 5.76. The van der Waals surface area contributed by atoms with Gasteiger partial charge in [0.1, 0.15) is 4.90 Å². The molecule has 0 bridgehead atoms. The van der Waals surface area contributed by atoms with Crippen LogP contribution >= 0.6 is 15.9 Å². The Bertz CT molecular complexity index is 573. The maximum atomic E-state index is 13.8. The van der Waals surface area contributed by atoms with Crippen LogP contribution < -0.4 is 10.5 Å². The van der Waals surface area contributed by atoms with E-state index < -0.39 is 20.7 Å². The first-order valence-electron chi connectivity index (χ1n) is 6.14. The Balaban J connectivity index is 2.09. The zero-order chi connectivity index (χ0) is 14.0. The Kier molecular flexibility index (Phi) is 4.47. The number of nitrogen functional groups attached to an aromatic ring is 1. The van der Waals surface area contributed by atoms with Gasteiger partial charge in [0.2, 0.25) is 10.0 Å². The van der Waals surface area contributed by atoms with Crippen LogP contribution in [0.3, 0.4) is 0 Å². The molecule has 1 aliphatic carbocycles. The minimum Gasteiger partial charge on any atom is -0.399 e. The smallest absolute Gasteiger partial charge is 0.243 e. The minimum absolute atomic E-state index is 0.0480. The van der Waals surface area contributed by atoms with Crippen molar-refractivity contribution < 1.29 is 12.8 Å². The molecule has 0 amide bonds. The van der Waals surface area contributed by atoms with Gasteiger partial charge in [-0.25, -0.2) is 17.5 Å². The van der Waals surface area contributed by atoms with Crippen LogP contribution in [0, 0.1) is 11.7 Å². The summed E-state index contributed by atoms with van der Waals surface area (Å²) in [5, 5.41) is 0. The fourth-order valence-electron chi connectivity index (χ4n) is 2.04. The molecule has 0 radical (unpaired) electrons. The van der Waals surface area contributed by atoms with E-state index in [1.165, 1.54) is 12.5 Å². The Labute approximate surface area is 120 Å². The SMILES string of the molecule is Nc1cc(Br)c(F)c(S(=O)(=O)NCCC2CCC2)c1. The lowest BCUT2D eigenvalue weighted by atomic mass is 9.83. The van der Waals surface area contributed by atoms with Crippen LogP contribution in [0.15, 0.2) is 21.5 Å². The van der Waals surface area contributed by atoms with Gasteiger partial charge in [0, 0.05) is 12.2 Å². The average Bonchev–Trinajstić information content (AvgIpc) is 2.26. The van der Waals surface area contributed by atoms with Gasteiger partial charge in [-0.3, -0.25) is 0 Å². The lowest BCUT2D eigenvalue weighted by Crippen LogP contribution is -2.28. The molecule has 0 atom stereocenters. The third-order valence-electron chi connectivity index (χ3n) is 3.38. The Hall–Kier alpha value is -0.660. The number of benzene rings is 1. The van der Waals surface area contributed by atoms with Crippen LogP contribution in [0.4, 0.5) is 10.1 Å². The monoisotopic (exact) mass is 350 g/mol. The van der Waals surface area contributed by atoms with Crippen LogP contribution in [-0.2, 0) is 10.0 Å². The number of hydrogen-bond acceptors (Lipinski definition) is 3. The third-order valence-corrected chi connectivity index (χ3v) is 5.41. The molecule has 1 aromatic rings. The fourth-order valence-corrected chi connectivity index (χ4v) is 3.82. The van der Waals surface area contributed by atoms with Gasteiger partial charge < -0.3 is 5.73 Å². The first-order valence-corrected chi connectivity index (χ1v) is 8.42. The molecule has 0 heterocycles. The van der Waals surface area contributed by atoms with Crippen molar-refractivity contribution in [3.8, 4) is 0 Å². The highest BCUT2D eigenvalue weighted by atomic mass is 79.9. The molecule has 0 aliphatic heterocycles. The number of nitrogens with two attached hydrogens (primary N) is 1. The van der Waals surface area contributed by atoms with E-state index in [9.17, 15) is 12.8 Å². The normalized spacial score (nSPS) is 16.3. The molecule has 0 saturated heterocycles. The molecule has 0 aromatic heterocycles. The summed E-state index contributed by atoms with van der Waals surface area (Å²) in [6.45, 7) is 0.332. The van der Waals surface area contributed by atoms with Crippen molar-refractivity contribution in [3.05, 3.63) is 22.4 Å². The zero-order valence-electron chi connectivity index (χ0n) is 10.3. The number of halogens is 2. The molecule has 3 N–H and O–H groups in total. The number of nitrogens with one attached hydrogen (secondary N) is 1. The summed E-state index contributed by atoms with van der Waals surface area (Å²) < 4.78 is 40.3. The van der Waals surface area contributed by atoms with Crippen molar-refractivity contribution in [2.45, 2.75) is 30.6 Å². The van der Waals surface area contributed by atoms with Crippen LogP contribution in [0.25, 0.3) is 0 Å².